The van der Waals surface area contributed by atoms with E-state index in [1.807, 2.05) is 6.92 Å². The number of piperidine rings is 1. The lowest BCUT2D eigenvalue weighted by Gasteiger charge is -2.44. The molecule has 0 aromatic rings. The molecule has 1 aliphatic heterocycles. The van der Waals surface area contributed by atoms with E-state index in [0.717, 1.165) is 13.0 Å². The first kappa shape index (κ1) is 16.2. The fraction of sp³-hybridized carbons (Fsp3) is 1.00. The van der Waals surface area contributed by atoms with Crippen LogP contribution >= 0.6 is 0 Å². The topological polar surface area (TPSA) is 64.5 Å². The molecule has 3 atom stereocenters. The van der Waals surface area contributed by atoms with Crippen LogP contribution in [0.25, 0.3) is 0 Å². The third-order valence-electron chi connectivity index (χ3n) is 5.46. The van der Waals surface area contributed by atoms with Crippen LogP contribution in [0.1, 0.15) is 58.3 Å². The highest BCUT2D eigenvalue weighted by atomic mass is 16.3. The average molecular weight is 284 g/mol. The summed E-state index contributed by atoms with van der Waals surface area (Å²) in [6.45, 7) is 3.21. The van der Waals surface area contributed by atoms with E-state index in [2.05, 4.69) is 10.6 Å². The number of nitrogens with one attached hydrogen (secondary N) is 2. The van der Waals surface area contributed by atoms with Crippen LogP contribution in [-0.2, 0) is 0 Å². The fourth-order valence-electron chi connectivity index (χ4n) is 3.92. The van der Waals surface area contributed by atoms with Gasteiger partial charge < -0.3 is 20.8 Å². The van der Waals surface area contributed by atoms with E-state index < -0.39 is 5.54 Å². The molecule has 2 fully saturated rings. The predicted molar refractivity (Wildman–Crippen MR) is 81.7 cm³/mol. The number of rotatable bonds is 6. The van der Waals surface area contributed by atoms with Crippen molar-refractivity contribution in [3.05, 3.63) is 0 Å². The highest BCUT2D eigenvalue weighted by molar-refractivity contribution is 4.96. The maximum absolute atomic E-state index is 9.67. The van der Waals surface area contributed by atoms with Crippen molar-refractivity contribution < 1.29 is 10.2 Å². The van der Waals surface area contributed by atoms with Gasteiger partial charge in [-0.2, -0.15) is 0 Å². The van der Waals surface area contributed by atoms with Gasteiger partial charge in [0.1, 0.15) is 0 Å². The summed E-state index contributed by atoms with van der Waals surface area (Å²) in [6.07, 6.45) is 9.70. The Balaban J connectivity index is 2.02. The second-order valence-corrected chi connectivity index (χ2v) is 6.71. The zero-order chi connectivity index (χ0) is 14.4. The predicted octanol–water partition coefficient (Wildman–Crippen LogP) is 1.41. The van der Waals surface area contributed by atoms with E-state index in [-0.39, 0.29) is 13.2 Å². The Kier molecular flexibility index (Phi) is 6.27. The van der Waals surface area contributed by atoms with Crippen LogP contribution in [0.4, 0.5) is 0 Å². The Hall–Kier alpha value is -0.160. The summed E-state index contributed by atoms with van der Waals surface area (Å²) in [6, 6.07) is 1.05. The van der Waals surface area contributed by atoms with Crippen molar-refractivity contribution in [1.82, 2.24) is 10.6 Å². The molecule has 4 heteroatoms. The number of aliphatic hydroxyl groups excluding tert-OH is 2. The summed E-state index contributed by atoms with van der Waals surface area (Å²) in [4.78, 5) is 0. The molecule has 0 bridgehead atoms. The lowest BCUT2D eigenvalue weighted by molar-refractivity contribution is 0.0542. The summed E-state index contributed by atoms with van der Waals surface area (Å²) >= 11 is 0. The summed E-state index contributed by atoms with van der Waals surface area (Å²) in [5.74, 6) is 0.646. The molecule has 1 saturated carbocycles. The van der Waals surface area contributed by atoms with Crippen LogP contribution in [0.15, 0.2) is 0 Å². The van der Waals surface area contributed by atoms with Crippen LogP contribution in [0.5, 0.6) is 0 Å². The number of aliphatic hydroxyl groups is 2. The quantitative estimate of drug-likeness (QED) is 0.595. The zero-order valence-electron chi connectivity index (χ0n) is 12.9. The van der Waals surface area contributed by atoms with Gasteiger partial charge in [0.15, 0.2) is 0 Å². The molecule has 4 N–H and O–H groups in total. The van der Waals surface area contributed by atoms with E-state index in [4.69, 9.17) is 0 Å². The van der Waals surface area contributed by atoms with Crippen molar-refractivity contribution in [2.45, 2.75) is 75.9 Å². The van der Waals surface area contributed by atoms with Gasteiger partial charge in [-0.1, -0.05) is 26.2 Å². The van der Waals surface area contributed by atoms with Gasteiger partial charge in [0, 0.05) is 12.1 Å². The van der Waals surface area contributed by atoms with Crippen LogP contribution in [0, 0.1) is 5.92 Å². The molecule has 1 heterocycles. The lowest BCUT2D eigenvalue weighted by Crippen LogP contribution is -2.60. The van der Waals surface area contributed by atoms with E-state index in [1.54, 1.807) is 0 Å². The van der Waals surface area contributed by atoms with Crippen molar-refractivity contribution in [1.29, 1.82) is 0 Å². The largest absolute Gasteiger partial charge is 0.394 e. The van der Waals surface area contributed by atoms with Crippen LogP contribution < -0.4 is 10.6 Å². The van der Waals surface area contributed by atoms with Gasteiger partial charge in [-0.25, -0.2) is 0 Å². The van der Waals surface area contributed by atoms with E-state index in [9.17, 15) is 10.2 Å². The summed E-state index contributed by atoms with van der Waals surface area (Å²) < 4.78 is 0. The number of hydrogen-bond acceptors (Lipinski definition) is 4. The van der Waals surface area contributed by atoms with Crippen molar-refractivity contribution in [2.24, 2.45) is 5.92 Å². The molecule has 0 amide bonds. The first-order chi connectivity index (χ1) is 9.74. The summed E-state index contributed by atoms with van der Waals surface area (Å²) in [5.41, 5.74) is -0.505. The fourth-order valence-corrected chi connectivity index (χ4v) is 3.92. The van der Waals surface area contributed by atoms with E-state index in [1.165, 1.54) is 44.9 Å². The first-order valence-electron chi connectivity index (χ1n) is 8.47. The van der Waals surface area contributed by atoms with Gasteiger partial charge in [0.25, 0.3) is 0 Å². The molecule has 0 aromatic carbocycles. The molecule has 2 aliphatic rings. The third-order valence-corrected chi connectivity index (χ3v) is 5.46. The molecule has 4 nitrogen and oxygen atoms in total. The van der Waals surface area contributed by atoms with Crippen molar-refractivity contribution in [3.8, 4) is 0 Å². The normalized spacial score (nSPS) is 32.2. The Morgan fingerprint density at radius 3 is 2.35 bits per heavy atom. The van der Waals surface area contributed by atoms with Crippen LogP contribution in [-0.4, -0.2) is 47.6 Å². The molecule has 1 saturated heterocycles. The number of hydrogen-bond donors (Lipinski definition) is 4. The second-order valence-electron chi connectivity index (χ2n) is 6.71. The van der Waals surface area contributed by atoms with E-state index >= 15 is 0 Å². The molecule has 3 unspecified atom stereocenters. The summed E-state index contributed by atoms with van der Waals surface area (Å²) in [7, 11) is 0. The Labute approximate surface area is 123 Å². The van der Waals surface area contributed by atoms with Gasteiger partial charge in [0.05, 0.1) is 18.8 Å². The minimum absolute atomic E-state index is 0.0152. The molecule has 118 valence electrons. The SMILES string of the molecule is CCC(CO)(CO)NC1CCCCC1C1CCCCN1. The van der Waals surface area contributed by atoms with Gasteiger partial charge in [-0.15, -0.1) is 0 Å². The average Bonchev–Trinajstić information content (AvgIpc) is 2.54. The van der Waals surface area contributed by atoms with Crippen molar-refractivity contribution in [3.63, 3.8) is 0 Å². The molecule has 2 rings (SSSR count). The molecular formula is C16H32N2O2. The van der Waals surface area contributed by atoms with Gasteiger partial charge >= 0.3 is 0 Å². The smallest absolute Gasteiger partial charge is 0.0647 e. The standard InChI is InChI=1S/C16H32N2O2/c1-2-16(11-19,12-20)18-15-9-4-3-7-13(15)14-8-5-6-10-17-14/h13-15,17-20H,2-12H2,1H3. The Morgan fingerprint density at radius 2 is 1.75 bits per heavy atom. The van der Waals surface area contributed by atoms with Crippen LogP contribution in [0.3, 0.4) is 0 Å². The van der Waals surface area contributed by atoms with Crippen molar-refractivity contribution in [2.75, 3.05) is 19.8 Å². The minimum atomic E-state index is -0.505. The van der Waals surface area contributed by atoms with E-state index in [0.29, 0.717) is 18.0 Å². The monoisotopic (exact) mass is 284 g/mol. The van der Waals surface area contributed by atoms with Gasteiger partial charge in [0.2, 0.25) is 0 Å². The first-order valence-corrected chi connectivity index (χ1v) is 8.47. The highest BCUT2D eigenvalue weighted by Gasteiger charge is 2.37. The third kappa shape index (κ3) is 3.73. The van der Waals surface area contributed by atoms with Gasteiger partial charge in [-0.3, -0.25) is 0 Å². The maximum atomic E-state index is 9.67. The second kappa shape index (κ2) is 7.74. The molecule has 0 radical (unpaired) electrons. The maximum Gasteiger partial charge on any atom is 0.0647 e. The zero-order valence-corrected chi connectivity index (χ0v) is 12.9. The molecule has 1 aliphatic carbocycles. The summed E-state index contributed by atoms with van der Waals surface area (Å²) in [5, 5.41) is 26.7. The molecule has 20 heavy (non-hydrogen) atoms. The minimum Gasteiger partial charge on any atom is -0.394 e. The highest BCUT2D eigenvalue weighted by Crippen LogP contribution is 2.32. The Morgan fingerprint density at radius 1 is 1.05 bits per heavy atom. The van der Waals surface area contributed by atoms with Gasteiger partial charge in [-0.05, 0) is 44.6 Å². The molecule has 0 spiro atoms. The molecule has 0 aromatic heterocycles. The molecular weight excluding hydrogens is 252 g/mol. The lowest BCUT2D eigenvalue weighted by atomic mass is 9.76. The van der Waals surface area contributed by atoms with Crippen LogP contribution in [0.2, 0.25) is 0 Å². The van der Waals surface area contributed by atoms with Crippen molar-refractivity contribution >= 4 is 0 Å². The Bertz CT molecular complexity index is 267.